The van der Waals surface area contributed by atoms with E-state index in [0.717, 1.165) is 39.0 Å². The molecule has 3 aliphatic rings. The van der Waals surface area contributed by atoms with Crippen molar-refractivity contribution < 1.29 is 4.79 Å². The molecule has 3 fully saturated rings. The minimum Gasteiger partial charge on any atom is -0.353 e. The van der Waals surface area contributed by atoms with Crippen LogP contribution < -0.4 is 5.32 Å². The first kappa shape index (κ1) is 18.0. The van der Waals surface area contributed by atoms with Crippen LogP contribution in [0.1, 0.15) is 49.8 Å². The van der Waals surface area contributed by atoms with E-state index in [-0.39, 0.29) is 5.92 Å². The number of carbonyl (C=O) groups is 1. The molecule has 1 aliphatic carbocycles. The topological polar surface area (TPSA) is 53.4 Å². The quantitative estimate of drug-likeness (QED) is 0.869. The molecule has 1 atom stereocenters. The number of aromatic nitrogens is 2. The van der Waals surface area contributed by atoms with Crippen LogP contribution in [-0.2, 0) is 18.4 Å². The number of amides is 1. The van der Waals surface area contributed by atoms with E-state index in [2.05, 4.69) is 27.1 Å². The summed E-state index contributed by atoms with van der Waals surface area (Å²) in [5.74, 6) is 0.516. The maximum absolute atomic E-state index is 12.4. The fraction of sp³-hybridized carbons (Fsp3) is 0.800. The van der Waals surface area contributed by atoms with Gasteiger partial charge in [0.05, 0.1) is 12.1 Å². The third-order valence-electron chi connectivity index (χ3n) is 6.55. The van der Waals surface area contributed by atoms with Crippen LogP contribution in [0.5, 0.6) is 0 Å². The van der Waals surface area contributed by atoms with Gasteiger partial charge in [0.15, 0.2) is 0 Å². The molecule has 1 N–H and O–H groups in total. The molecule has 2 saturated heterocycles. The molecule has 6 nitrogen and oxygen atoms in total. The zero-order chi connectivity index (χ0) is 18.1. The molecule has 3 heterocycles. The maximum atomic E-state index is 12.4. The van der Waals surface area contributed by atoms with E-state index in [1.54, 1.807) is 0 Å². The van der Waals surface area contributed by atoms with E-state index in [4.69, 9.17) is 0 Å². The first-order valence-corrected chi connectivity index (χ1v) is 10.3. The zero-order valence-corrected chi connectivity index (χ0v) is 16.3. The van der Waals surface area contributed by atoms with Crippen molar-refractivity contribution in [1.29, 1.82) is 0 Å². The molecule has 1 amide bonds. The molecular formula is C20H33N5O. The van der Waals surface area contributed by atoms with Crippen LogP contribution >= 0.6 is 0 Å². The Kier molecular flexibility index (Phi) is 5.32. The van der Waals surface area contributed by atoms with Gasteiger partial charge in [-0.2, -0.15) is 5.10 Å². The summed E-state index contributed by atoms with van der Waals surface area (Å²) in [6, 6.07) is 1.13. The van der Waals surface area contributed by atoms with Crippen molar-refractivity contribution >= 4 is 5.91 Å². The number of rotatable bonds is 5. The lowest BCUT2D eigenvalue weighted by Gasteiger charge is -2.42. The standard InChI is InChI=1S/C20H33N5O/c1-15-17(12-21-23(15)2)13-24-10-7-19(8-11-24)25-9-3-4-16(14-25)20(26)22-18-5-6-18/h12,16,18-19H,3-11,13-14H2,1-2H3,(H,22,26)/t16-/m0/s1. The highest BCUT2D eigenvalue weighted by Gasteiger charge is 2.33. The summed E-state index contributed by atoms with van der Waals surface area (Å²) in [6.45, 7) is 7.59. The van der Waals surface area contributed by atoms with E-state index in [9.17, 15) is 4.79 Å². The summed E-state index contributed by atoms with van der Waals surface area (Å²) in [7, 11) is 2.01. The highest BCUT2D eigenvalue weighted by atomic mass is 16.2. The van der Waals surface area contributed by atoms with E-state index < -0.39 is 0 Å². The van der Waals surface area contributed by atoms with Crippen LogP contribution in [0.4, 0.5) is 0 Å². The van der Waals surface area contributed by atoms with Crippen molar-refractivity contribution in [3.05, 3.63) is 17.5 Å². The molecule has 0 aromatic carbocycles. The molecular weight excluding hydrogens is 326 g/mol. The number of aryl methyl sites for hydroxylation is 1. The molecule has 144 valence electrons. The Balaban J connectivity index is 1.26. The molecule has 2 aliphatic heterocycles. The van der Waals surface area contributed by atoms with Gasteiger partial charge in [-0.1, -0.05) is 0 Å². The number of hydrogen-bond donors (Lipinski definition) is 1. The van der Waals surface area contributed by atoms with Crippen molar-refractivity contribution in [2.24, 2.45) is 13.0 Å². The van der Waals surface area contributed by atoms with Gasteiger partial charge in [0.25, 0.3) is 0 Å². The van der Waals surface area contributed by atoms with Gasteiger partial charge in [-0.3, -0.25) is 19.3 Å². The number of piperidine rings is 2. The average Bonchev–Trinajstić information content (AvgIpc) is 3.43. The highest BCUT2D eigenvalue weighted by Crippen LogP contribution is 2.26. The Labute approximate surface area is 156 Å². The average molecular weight is 360 g/mol. The monoisotopic (exact) mass is 359 g/mol. The van der Waals surface area contributed by atoms with Crippen molar-refractivity contribution in [2.75, 3.05) is 26.2 Å². The van der Waals surface area contributed by atoms with E-state index in [1.807, 2.05) is 17.9 Å². The Morgan fingerprint density at radius 2 is 1.96 bits per heavy atom. The van der Waals surface area contributed by atoms with Gasteiger partial charge in [-0.15, -0.1) is 0 Å². The van der Waals surface area contributed by atoms with Gasteiger partial charge in [-0.05, 0) is 65.1 Å². The Hall–Kier alpha value is -1.40. The summed E-state index contributed by atoms with van der Waals surface area (Å²) in [5, 5.41) is 7.57. The molecule has 26 heavy (non-hydrogen) atoms. The van der Waals surface area contributed by atoms with Crippen LogP contribution in [0.3, 0.4) is 0 Å². The van der Waals surface area contributed by atoms with Crippen molar-refractivity contribution in [3.8, 4) is 0 Å². The van der Waals surface area contributed by atoms with Crippen molar-refractivity contribution in [2.45, 2.75) is 64.1 Å². The Bertz CT molecular complexity index is 630. The third kappa shape index (κ3) is 4.12. The number of carbonyl (C=O) groups excluding carboxylic acids is 1. The molecule has 4 rings (SSSR count). The summed E-state index contributed by atoms with van der Waals surface area (Å²) in [4.78, 5) is 17.6. The molecule has 1 aromatic rings. The lowest BCUT2D eigenvalue weighted by Crippen LogP contribution is -2.50. The molecule has 0 unspecified atom stereocenters. The van der Waals surface area contributed by atoms with Crippen LogP contribution in [0.25, 0.3) is 0 Å². The summed E-state index contributed by atoms with van der Waals surface area (Å²) < 4.78 is 1.96. The summed E-state index contributed by atoms with van der Waals surface area (Å²) in [6.07, 6.45) is 9.03. The lowest BCUT2D eigenvalue weighted by molar-refractivity contribution is -0.127. The minimum atomic E-state index is 0.209. The lowest BCUT2D eigenvalue weighted by atomic mass is 9.93. The molecule has 0 spiro atoms. The summed E-state index contributed by atoms with van der Waals surface area (Å²) in [5.41, 5.74) is 2.62. The molecule has 6 heteroatoms. The third-order valence-corrected chi connectivity index (χ3v) is 6.55. The zero-order valence-electron chi connectivity index (χ0n) is 16.3. The van der Waals surface area contributed by atoms with Gasteiger partial charge >= 0.3 is 0 Å². The minimum absolute atomic E-state index is 0.209. The van der Waals surface area contributed by atoms with Crippen LogP contribution in [0.2, 0.25) is 0 Å². The normalized spacial score (nSPS) is 26.2. The molecule has 0 bridgehead atoms. The number of nitrogens with one attached hydrogen (secondary N) is 1. The van der Waals surface area contributed by atoms with Gasteiger partial charge in [0, 0.05) is 43.5 Å². The predicted octanol–water partition coefficient (Wildman–Crippen LogP) is 1.68. The molecule has 1 saturated carbocycles. The van der Waals surface area contributed by atoms with Gasteiger partial charge < -0.3 is 5.32 Å². The maximum Gasteiger partial charge on any atom is 0.224 e. The van der Waals surface area contributed by atoms with Crippen LogP contribution in [0.15, 0.2) is 6.20 Å². The Morgan fingerprint density at radius 1 is 1.19 bits per heavy atom. The second-order valence-electron chi connectivity index (χ2n) is 8.50. The molecule has 0 radical (unpaired) electrons. The van der Waals surface area contributed by atoms with E-state index >= 15 is 0 Å². The van der Waals surface area contributed by atoms with Gasteiger partial charge in [0.1, 0.15) is 0 Å². The first-order chi connectivity index (χ1) is 12.6. The summed E-state index contributed by atoms with van der Waals surface area (Å²) >= 11 is 0. The number of nitrogens with zero attached hydrogens (tertiary/aromatic N) is 4. The van der Waals surface area contributed by atoms with Crippen molar-refractivity contribution in [3.63, 3.8) is 0 Å². The fourth-order valence-corrected chi connectivity index (χ4v) is 4.48. The highest BCUT2D eigenvalue weighted by molar-refractivity contribution is 5.79. The smallest absolute Gasteiger partial charge is 0.224 e. The second kappa shape index (κ2) is 7.69. The van der Waals surface area contributed by atoms with E-state index in [1.165, 1.54) is 43.5 Å². The second-order valence-corrected chi connectivity index (χ2v) is 8.50. The Morgan fingerprint density at radius 3 is 2.62 bits per heavy atom. The predicted molar refractivity (Wildman–Crippen MR) is 102 cm³/mol. The first-order valence-electron chi connectivity index (χ1n) is 10.3. The number of hydrogen-bond acceptors (Lipinski definition) is 4. The largest absolute Gasteiger partial charge is 0.353 e. The number of likely N-dealkylation sites (tertiary alicyclic amines) is 2. The van der Waals surface area contributed by atoms with Gasteiger partial charge in [0.2, 0.25) is 5.91 Å². The van der Waals surface area contributed by atoms with E-state index in [0.29, 0.717) is 18.0 Å². The van der Waals surface area contributed by atoms with Crippen LogP contribution in [-0.4, -0.2) is 63.8 Å². The fourth-order valence-electron chi connectivity index (χ4n) is 4.48. The SMILES string of the molecule is Cc1c(CN2CCC(N3CCC[C@H](C(=O)NC4CC4)C3)CC2)cnn1C. The molecule has 1 aromatic heterocycles. The van der Waals surface area contributed by atoms with Crippen molar-refractivity contribution in [1.82, 2.24) is 24.9 Å². The van der Waals surface area contributed by atoms with Gasteiger partial charge in [-0.25, -0.2) is 0 Å². The van der Waals surface area contributed by atoms with Crippen LogP contribution in [0, 0.1) is 12.8 Å².